The first kappa shape index (κ1) is 11.5. The molecule has 0 bridgehead atoms. The van der Waals surface area contributed by atoms with Crippen molar-refractivity contribution in [2.24, 2.45) is 0 Å². The van der Waals surface area contributed by atoms with Gasteiger partial charge in [-0.05, 0) is 6.42 Å². The number of hydrogen-bond donors (Lipinski definition) is 1. The van der Waals surface area contributed by atoms with E-state index in [-0.39, 0.29) is 16.5 Å². The predicted molar refractivity (Wildman–Crippen MR) is 31.0 cm³/mol. The number of rotatable bonds is 3. The minimum absolute atomic E-state index is 0. The van der Waals surface area contributed by atoms with E-state index in [0.29, 0.717) is 6.16 Å². The fourth-order valence-electron chi connectivity index (χ4n) is 0.328. The van der Waals surface area contributed by atoms with Crippen molar-refractivity contribution in [2.75, 3.05) is 6.16 Å². The second kappa shape index (κ2) is 7.68. The molecule has 0 saturated heterocycles. The van der Waals surface area contributed by atoms with E-state index in [0.717, 1.165) is 12.8 Å². The van der Waals surface area contributed by atoms with E-state index in [1.165, 1.54) is 0 Å². The monoisotopic (exact) mass is 180 g/mol. The smallest absolute Gasteiger partial charge is 0.189 e. The van der Waals surface area contributed by atoms with E-state index in [4.69, 9.17) is 4.89 Å². The van der Waals surface area contributed by atoms with Gasteiger partial charge in [0.1, 0.15) is 0 Å². The maximum absolute atomic E-state index is 9.94. The van der Waals surface area contributed by atoms with Gasteiger partial charge < -0.3 is 4.89 Å². The Hall–Kier alpha value is 0.684. The third kappa shape index (κ3) is 9.84. The van der Waals surface area contributed by atoms with Crippen LogP contribution < -0.4 is 0 Å². The molecule has 4 heteroatoms. The maximum atomic E-state index is 9.94. The third-order valence-corrected chi connectivity index (χ3v) is 1.53. The SMILES string of the molecule is CCCC[PH](=O)O.[Ni]. The third-order valence-electron chi connectivity index (χ3n) is 0.744. The molecule has 1 atom stereocenters. The van der Waals surface area contributed by atoms with Gasteiger partial charge in [-0.2, -0.15) is 0 Å². The molecule has 0 aromatic carbocycles. The Morgan fingerprint density at radius 3 is 2.25 bits per heavy atom. The Bertz CT molecular complexity index is 67.1. The van der Waals surface area contributed by atoms with Gasteiger partial charge in [-0.1, -0.05) is 13.3 Å². The van der Waals surface area contributed by atoms with Gasteiger partial charge in [0.2, 0.25) is 0 Å². The molecular formula is C4H11NiO2P. The fraction of sp³-hybridized carbons (Fsp3) is 1.00. The largest absolute Gasteiger partial charge is 0.346 e. The Labute approximate surface area is 60.5 Å². The van der Waals surface area contributed by atoms with Crippen LogP contribution in [-0.2, 0) is 21.1 Å². The standard InChI is InChI=1S/C4H11O2P.Ni/c1-2-3-4-7(5)6;/h7H,2-4H2,1H3,(H,5,6);. The first-order valence-corrected chi connectivity index (χ1v) is 4.05. The molecular weight excluding hydrogens is 170 g/mol. The van der Waals surface area contributed by atoms with Crippen LogP contribution in [0, 0.1) is 0 Å². The molecule has 1 unspecified atom stereocenters. The summed E-state index contributed by atoms with van der Waals surface area (Å²) in [4.78, 5) is 8.23. The molecule has 0 radical (unpaired) electrons. The van der Waals surface area contributed by atoms with Crippen LogP contribution in [0.1, 0.15) is 19.8 Å². The molecule has 0 aliphatic heterocycles. The summed E-state index contributed by atoms with van der Waals surface area (Å²) in [5.41, 5.74) is 0. The van der Waals surface area contributed by atoms with Crippen molar-refractivity contribution in [1.29, 1.82) is 0 Å². The van der Waals surface area contributed by atoms with Crippen molar-refractivity contribution in [2.45, 2.75) is 19.8 Å². The van der Waals surface area contributed by atoms with E-state index < -0.39 is 8.03 Å². The zero-order valence-corrected chi connectivity index (χ0v) is 6.78. The van der Waals surface area contributed by atoms with E-state index >= 15 is 0 Å². The van der Waals surface area contributed by atoms with Crippen LogP contribution in [0.4, 0.5) is 0 Å². The minimum Gasteiger partial charge on any atom is -0.346 e. The molecule has 0 spiro atoms. The molecule has 0 aliphatic carbocycles. The van der Waals surface area contributed by atoms with Gasteiger partial charge in [-0.15, -0.1) is 0 Å². The molecule has 0 amide bonds. The average molecular weight is 181 g/mol. The summed E-state index contributed by atoms with van der Waals surface area (Å²) in [7, 11) is -2.15. The molecule has 0 aromatic rings. The van der Waals surface area contributed by atoms with Crippen LogP contribution in [0.3, 0.4) is 0 Å². The first-order valence-electron chi connectivity index (χ1n) is 2.49. The summed E-state index contributed by atoms with van der Waals surface area (Å²) in [5.74, 6) is 0. The molecule has 0 aromatic heterocycles. The van der Waals surface area contributed by atoms with Crippen LogP contribution in [0.5, 0.6) is 0 Å². The van der Waals surface area contributed by atoms with Gasteiger partial charge in [0.05, 0.1) is 0 Å². The predicted octanol–water partition coefficient (Wildman–Crippen LogP) is 1.25. The van der Waals surface area contributed by atoms with Crippen LogP contribution in [0.15, 0.2) is 0 Å². The van der Waals surface area contributed by atoms with Crippen LogP contribution in [0.25, 0.3) is 0 Å². The maximum Gasteiger partial charge on any atom is 0.189 e. The van der Waals surface area contributed by atoms with Crippen molar-refractivity contribution < 1.29 is 25.9 Å². The quantitative estimate of drug-likeness (QED) is 0.525. The molecule has 54 valence electrons. The van der Waals surface area contributed by atoms with Gasteiger partial charge in [-0.3, -0.25) is 4.57 Å². The molecule has 0 rings (SSSR count). The second-order valence-corrected chi connectivity index (χ2v) is 2.78. The Morgan fingerprint density at radius 1 is 1.62 bits per heavy atom. The van der Waals surface area contributed by atoms with E-state index in [2.05, 4.69) is 0 Å². The summed E-state index contributed by atoms with van der Waals surface area (Å²) in [5, 5.41) is 0. The molecule has 0 saturated carbocycles. The second-order valence-electron chi connectivity index (χ2n) is 1.50. The van der Waals surface area contributed by atoms with E-state index in [1.54, 1.807) is 0 Å². The van der Waals surface area contributed by atoms with Gasteiger partial charge in [0.25, 0.3) is 0 Å². The van der Waals surface area contributed by atoms with Gasteiger partial charge in [-0.25, -0.2) is 0 Å². The molecule has 2 nitrogen and oxygen atoms in total. The van der Waals surface area contributed by atoms with Gasteiger partial charge >= 0.3 is 0 Å². The molecule has 0 aliphatic rings. The fourth-order valence-corrected chi connectivity index (χ4v) is 0.984. The Morgan fingerprint density at radius 2 is 2.12 bits per heavy atom. The molecule has 0 fully saturated rings. The average Bonchev–Trinajstić information content (AvgIpc) is 1.61. The topological polar surface area (TPSA) is 37.3 Å². The minimum atomic E-state index is -2.15. The van der Waals surface area contributed by atoms with Crippen LogP contribution in [-0.4, -0.2) is 11.1 Å². The van der Waals surface area contributed by atoms with E-state index in [1.807, 2.05) is 6.92 Å². The zero-order valence-electron chi connectivity index (χ0n) is 4.79. The van der Waals surface area contributed by atoms with Gasteiger partial charge in [0, 0.05) is 22.7 Å². The Balaban J connectivity index is 0. The van der Waals surface area contributed by atoms with Crippen molar-refractivity contribution in [3.8, 4) is 0 Å². The van der Waals surface area contributed by atoms with Gasteiger partial charge in [0.15, 0.2) is 8.03 Å². The van der Waals surface area contributed by atoms with E-state index in [9.17, 15) is 4.57 Å². The molecule has 8 heavy (non-hydrogen) atoms. The van der Waals surface area contributed by atoms with Crippen molar-refractivity contribution in [1.82, 2.24) is 0 Å². The number of unbranched alkanes of at least 4 members (excludes halogenated alkanes) is 1. The summed E-state index contributed by atoms with van der Waals surface area (Å²) >= 11 is 0. The van der Waals surface area contributed by atoms with Crippen molar-refractivity contribution in [3.05, 3.63) is 0 Å². The van der Waals surface area contributed by atoms with Crippen molar-refractivity contribution >= 4 is 8.03 Å². The Kier molecular flexibility index (Phi) is 11.0. The van der Waals surface area contributed by atoms with Crippen molar-refractivity contribution in [3.63, 3.8) is 0 Å². The molecule has 0 heterocycles. The summed E-state index contributed by atoms with van der Waals surface area (Å²) < 4.78 is 9.94. The number of hydrogen-bond acceptors (Lipinski definition) is 1. The normalized spacial score (nSPS) is 12.2. The molecule has 1 N–H and O–H groups in total. The summed E-state index contributed by atoms with van der Waals surface area (Å²) in [6.45, 7) is 2.00. The first-order chi connectivity index (χ1) is 3.27. The van der Waals surface area contributed by atoms with Crippen LogP contribution in [0.2, 0.25) is 0 Å². The summed E-state index contributed by atoms with van der Waals surface area (Å²) in [6, 6.07) is 0. The summed E-state index contributed by atoms with van der Waals surface area (Å²) in [6.07, 6.45) is 2.40. The zero-order chi connectivity index (χ0) is 5.70. The van der Waals surface area contributed by atoms with Crippen LogP contribution >= 0.6 is 8.03 Å².